The average molecular weight is 239 g/mol. The summed E-state index contributed by atoms with van der Waals surface area (Å²) < 4.78 is 1.81. The standard InChI is InChI=1S/C11H21N5O/c1-8-9(6-12-2)11(16(5)14-8)15(4)7-10(17)13-3/h12H,6-7H2,1-5H3,(H,13,17). The molecule has 1 heterocycles. The second kappa shape index (κ2) is 5.67. The molecule has 0 saturated carbocycles. The molecule has 0 fully saturated rings. The van der Waals surface area contributed by atoms with Crippen molar-refractivity contribution in [3.8, 4) is 0 Å². The highest BCUT2D eigenvalue weighted by atomic mass is 16.1. The van der Waals surface area contributed by atoms with Crippen LogP contribution in [0.5, 0.6) is 0 Å². The van der Waals surface area contributed by atoms with Crippen LogP contribution in [0.2, 0.25) is 0 Å². The van der Waals surface area contributed by atoms with Crippen molar-refractivity contribution in [2.75, 3.05) is 32.6 Å². The average Bonchev–Trinajstić information content (AvgIpc) is 2.54. The van der Waals surface area contributed by atoms with Gasteiger partial charge < -0.3 is 15.5 Å². The molecule has 0 unspecified atom stereocenters. The highest BCUT2D eigenvalue weighted by molar-refractivity contribution is 5.80. The highest BCUT2D eigenvalue weighted by Crippen LogP contribution is 2.21. The zero-order valence-electron chi connectivity index (χ0n) is 11.2. The van der Waals surface area contributed by atoms with Gasteiger partial charge in [0.25, 0.3) is 0 Å². The molecule has 0 aliphatic rings. The molecule has 1 aromatic rings. The second-order valence-corrected chi connectivity index (χ2v) is 4.07. The Hall–Kier alpha value is -1.56. The Kier molecular flexibility index (Phi) is 4.51. The van der Waals surface area contributed by atoms with E-state index in [0.29, 0.717) is 6.54 Å². The van der Waals surface area contributed by atoms with Gasteiger partial charge >= 0.3 is 0 Å². The lowest BCUT2D eigenvalue weighted by atomic mass is 10.2. The van der Waals surface area contributed by atoms with E-state index in [0.717, 1.165) is 23.6 Å². The molecule has 0 aliphatic carbocycles. The van der Waals surface area contributed by atoms with Crippen LogP contribution in [0.3, 0.4) is 0 Å². The minimum atomic E-state index is -0.0123. The van der Waals surface area contributed by atoms with Crippen LogP contribution in [0.15, 0.2) is 0 Å². The molecular formula is C11H21N5O. The lowest BCUT2D eigenvalue weighted by molar-refractivity contribution is -0.119. The van der Waals surface area contributed by atoms with Gasteiger partial charge in [-0.2, -0.15) is 5.10 Å². The number of hydrogen-bond donors (Lipinski definition) is 2. The van der Waals surface area contributed by atoms with Crippen LogP contribution in [-0.2, 0) is 18.4 Å². The van der Waals surface area contributed by atoms with Crippen LogP contribution in [0, 0.1) is 6.92 Å². The van der Waals surface area contributed by atoms with Gasteiger partial charge in [-0.05, 0) is 14.0 Å². The number of nitrogens with one attached hydrogen (secondary N) is 2. The molecule has 96 valence electrons. The summed E-state index contributed by atoms with van der Waals surface area (Å²) in [5, 5.41) is 10.1. The van der Waals surface area contributed by atoms with E-state index in [2.05, 4.69) is 15.7 Å². The van der Waals surface area contributed by atoms with E-state index in [1.54, 1.807) is 7.05 Å². The zero-order valence-corrected chi connectivity index (χ0v) is 11.2. The summed E-state index contributed by atoms with van der Waals surface area (Å²) in [4.78, 5) is 13.3. The van der Waals surface area contributed by atoms with Crippen LogP contribution in [0.4, 0.5) is 5.82 Å². The van der Waals surface area contributed by atoms with Gasteiger partial charge in [0.05, 0.1) is 12.2 Å². The lowest BCUT2D eigenvalue weighted by Crippen LogP contribution is -2.34. The Morgan fingerprint density at radius 2 is 2.12 bits per heavy atom. The maximum Gasteiger partial charge on any atom is 0.239 e. The van der Waals surface area contributed by atoms with Gasteiger partial charge in [0.2, 0.25) is 5.91 Å². The van der Waals surface area contributed by atoms with Gasteiger partial charge in [0.15, 0.2) is 0 Å². The normalized spacial score (nSPS) is 10.4. The third-order valence-corrected chi connectivity index (χ3v) is 2.69. The van der Waals surface area contributed by atoms with E-state index in [1.165, 1.54) is 0 Å². The van der Waals surface area contributed by atoms with Crippen LogP contribution in [-0.4, -0.2) is 43.4 Å². The maximum absolute atomic E-state index is 11.4. The number of likely N-dealkylation sites (N-methyl/N-ethyl adjacent to an activating group) is 2. The van der Waals surface area contributed by atoms with Gasteiger partial charge in [-0.15, -0.1) is 0 Å². The number of rotatable bonds is 5. The molecule has 0 spiro atoms. The number of aromatic nitrogens is 2. The monoisotopic (exact) mass is 239 g/mol. The van der Waals surface area contributed by atoms with E-state index in [9.17, 15) is 4.79 Å². The Bertz CT molecular complexity index is 399. The first-order valence-corrected chi connectivity index (χ1v) is 5.60. The van der Waals surface area contributed by atoms with E-state index < -0.39 is 0 Å². The number of hydrogen-bond acceptors (Lipinski definition) is 4. The Morgan fingerprint density at radius 1 is 1.47 bits per heavy atom. The fourth-order valence-electron chi connectivity index (χ4n) is 1.92. The summed E-state index contributed by atoms with van der Waals surface area (Å²) in [5.41, 5.74) is 2.11. The third kappa shape index (κ3) is 2.97. The van der Waals surface area contributed by atoms with Crippen molar-refractivity contribution < 1.29 is 4.79 Å². The van der Waals surface area contributed by atoms with E-state index in [4.69, 9.17) is 0 Å². The van der Waals surface area contributed by atoms with E-state index in [-0.39, 0.29) is 5.91 Å². The van der Waals surface area contributed by atoms with Crippen molar-refractivity contribution in [1.29, 1.82) is 0 Å². The first-order chi connectivity index (χ1) is 8.01. The zero-order chi connectivity index (χ0) is 13.0. The number of carbonyl (C=O) groups is 1. The summed E-state index contributed by atoms with van der Waals surface area (Å²) in [5.74, 6) is 0.960. The molecule has 0 aromatic carbocycles. The number of nitrogens with zero attached hydrogens (tertiary/aromatic N) is 3. The minimum Gasteiger partial charge on any atom is -0.358 e. The quantitative estimate of drug-likeness (QED) is 0.736. The largest absolute Gasteiger partial charge is 0.358 e. The van der Waals surface area contributed by atoms with Crippen LogP contribution >= 0.6 is 0 Å². The fraction of sp³-hybridized carbons (Fsp3) is 0.636. The van der Waals surface area contributed by atoms with Gasteiger partial charge in [-0.3, -0.25) is 9.48 Å². The molecule has 6 heteroatoms. The van der Waals surface area contributed by atoms with Crippen molar-refractivity contribution in [2.24, 2.45) is 7.05 Å². The van der Waals surface area contributed by atoms with Crippen LogP contribution < -0.4 is 15.5 Å². The van der Waals surface area contributed by atoms with Crippen molar-refractivity contribution in [2.45, 2.75) is 13.5 Å². The lowest BCUT2D eigenvalue weighted by Gasteiger charge is -2.20. The minimum absolute atomic E-state index is 0.0123. The molecule has 1 aromatic heterocycles. The first-order valence-electron chi connectivity index (χ1n) is 5.60. The highest BCUT2D eigenvalue weighted by Gasteiger charge is 2.17. The molecule has 17 heavy (non-hydrogen) atoms. The molecule has 0 aliphatic heterocycles. The molecule has 0 saturated heterocycles. The predicted molar refractivity (Wildman–Crippen MR) is 68.0 cm³/mol. The number of anilines is 1. The Labute approximate surface area is 102 Å². The van der Waals surface area contributed by atoms with Gasteiger partial charge in [0, 0.05) is 33.3 Å². The Morgan fingerprint density at radius 3 is 2.65 bits per heavy atom. The molecule has 0 atom stereocenters. The van der Waals surface area contributed by atoms with Crippen LogP contribution in [0.1, 0.15) is 11.3 Å². The molecule has 0 bridgehead atoms. The third-order valence-electron chi connectivity index (χ3n) is 2.69. The van der Waals surface area contributed by atoms with E-state index >= 15 is 0 Å². The molecule has 2 N–H and O–H groups in total. The van der Waals surface area contributed by atoms with Crippen molar-refractivity contribution in [3.63, 3.8) is 0 Å². The van der Waals surface area contributed by atoms with Crippen molar-refractivity contribution in [1.82, 2.24) is 20.4 Å². The van der Waals surface area contributed by atoms with Crippen molar-refractivity contribution >= 4 is 11.7 Å². The summed E-state index contributed by atoms with van der Waals surface area (Å²) in [7, 11) is 7.32. The first kappa shape index (κ1) is 13.5. The fourth-order valence-corrected chi connectivity index (χ4v) is 1.92. The number of carbonyl (C=O) groups excluding carboxylic acids is 1. The number of aryl methyl sites for hydroxylation is 2. The molecule has 0 radical (unpaired) electrons. The van der Waals surface area contributed by atoms with Gasteiger partial charge in [-0.25, -0.2) is 0 Å². The molecular weight excluding hydrogens is 218 g/mol. The predicted octanol–water partition coefficient (Wildman–Crippen LogP) is -0.370. The summed E-state index contributed by atoms with van der Waals surface area (Å²) in [6, 6.07) is 0. The summed E-state index contributed by atoms with van der Waals surface area (Å²) in [6.45, 7) is 3.04. The summed E-state index contributed by atoms with van der Waals surface area (Å²) >= 11 is 0. The van der Waals surface area contributed by atoms with E-state index in [1.807, 2.05) is 37.6 Å². The maximum atomic E-state index is 11.4. The smallest absolute Gasteiger partial charge is 0.239 e. The van der Waals surface area contributed by atoms with Gasteiger partial charge in [-0.1, -0.05) is 0 Å². The molecule has 1 rings (SSSR count). The van der Waals surface area contributed by atoms with Crippen LogP contribution in [0.25, 0.3) is 0 Å². The topological polar surface area (TPSA) is 62.2 Å². The summed E-state index contributed by atoms with van der Waals surface area (Å²) in [6.07, 6.45) is 0. The number of amides is 1. The van der Waals surface area contributed by atoms with Gasteiger partial charge in [0.1, 0.15) is 5.82 Å². The molecule has 6 nitrogen and oxygen atoms in total. The Balaban J connectivity index is 2.98. The molecule has 1 amide bonds. The second-order valence-electron chi connectivity index (χ2n) is 4.07. The van der Waals surface area contributed by atoms with Crippen molar-refractivity contribution in [3.05, 3.63) is 11.3 Å². The SMILES string of the molecule is CNCc1c(C)nn(C)c1N(C)CC(=O)NC.